The van der Waals surface area contributed by atoms with Crippen molar-refractivity contribution < 1.29 is 28.6 Å². The first-order chi connectivity index (χ1) is 20.0. The topological polar surface area (TPSA) is 120 Å². The van der Waals surface area contributed by atoms with E-state index in [1.807, 2.05) is 26.8 Å². The normalized spacial score (nSPS) is 27.6. The molecule has 11 heteroatoms. The summed E-state index contributed by atoms with van der Waals surface area (Å²) in [5.41, 5.74) is 1.44. The van der Waals surface area contributed by atoms with Gasteiger partial charge in [-0.2, -0.15) is 0 Å². The molecule has 1 aromatic carbocycles. The van der Waals surface area contributed by atoms with Gasteiger partial charge in [-0.25, -0.2) is 19.6 Å². The van der Waals surface area contributed by atoms with Crippen molar-refractivity contribution in [1.82, 2.24) is 20.2 Å². The van der Waals surface area contributed by atoms with E-state index in [4.69, 9.17) is 35.8 Å². The molecule has 1 aromatic heterocycles. The number of alkyl carbamates (subject to hydrolysis) is 1. The van der Waals surface area contributed by atoms with Gasteiger partial charge in [0.1, 0.15) is 30.0 Å². The maximum Gasteiger partial charge on any atom is 0.408 e. The number of methoxy groups -OCH3 is 1. The van der Waals surface area contributed by atoms with Gasteiger partial charge in [-0.15, -0.1) is 0 Å². The van der Waals surface area contributed by atoms with E-state index in [0.29, 0.717) is 28.8 Å². The molecule has 42 heavy (non-hydrogen) atoms. The van der Waals surface area contributed by atoms with Crippen LogP contribution in [0.25, 0.3) is 11.0 Å². The molecule has 0 spiro atoms. The number of rotatable bonds is 1. The lowest BCUT2D eigenvalue weighted by molar-refractivity contribution is -0.152. The number of carbonyl (C=O) groups is 3. The van der Waals surface area contributed by atoms with E-state index < -0.39 is 35.7 Å². The summed E-state index contributed by atoms with van der Waals surface area (Å²) < 4.78 is 17.4. The molecule has 2 amide bonds. The summed E-state index contributed by atoms with van der Waals surface area (Å²) >= 11 is 6.24. The molecule has 5 rings (SSSR count). The summed E-state index contributed by atoms with van der Waals surface area (Å²) in [7, 11) is 1.30. The highest BCUT2D eigenvalue weighted by Crippen LogP contribution is 2.34. The highest BCUT2D eigenvalue weighted by atomic mass is 35.5. The van der Waals surface area contributed by atoms with Crippen LogP contribution in [0.2, 0.25) is 5.02 Å². The minimum atomic E-state index is -0.923. The second kappa shape index (κ2) is 12.6. The molecule has 2 aliphatic heterocycles. The molecular formula is C31H41ClN4O6. The summed E-state index contributed by atoms with van der Waals surface area (Å²) in [4.78, 5) is 51.2. The summed E-state index contributed by atoms with van der Waals surface area (Å²) in [6, 6.07) is 3.59. The van der Waals surface area contributed by atoms with Crippen molar-refractivity contribution in [2.45, 2.75) is 103 Å². The SMILES string of the molecule is COC(=O)[C@@H]1C[C@@H]2CN1C(=O)[C@H](C(C)(C)C)NC(=O)O[C@@H]1CCC[C@H]1CCCCCc1nc3ccc(Cl)cc3nc1O2. The van der Waals surface area contributed by atoms with Crippen LogP contribution in [0.4, 0.5) is 4.79 Å². The number of esters is 1. The largest absolute Gasteiger partial charge is 0.471 e. The van der Waals surface area contributed by atoms with Crippen molar-refractivity contribution in [3.05, 3.63) is 28.9 Å². The van der Waals surface area contributed by atoms with Crippen LogP contribution >= 0.6 is 11.6 Å². The Morgan fingerprint density at radius 3 is 2.60 bits per heavy atom. The number of hydrogen-bond acceptors (Lipinski definition) is 8. The first-order valence-corrected chi connectivity index (χ1v) is 15.4. The summed E-state index contributed by atoms with van der Waals surface area (Å²) in [6.45, 7) is 5.75. The zero-order chi connectivity index (χ0) is 30.0. The van der Waals surface area contributed by atoms with Crippen molar-refractivity contribution in [3.8, 4) is 5.88 Å². The summed E-state index contributed by atoms with van der Waals surface area (Å²) in [5.74, 6) is -0.244. The van der Waals surface area contributed by atoms with Crippen LogP contribution in [0.1, 0.15) is 77.8 Å². The first-order valence-electron chi connectivity index (χ1n) is 15.0. The fraction of sp³-hybridized carbons (Fsp3) is 0.645. The van der Waals surface area contributed by atoms with Crippen molar-refractivity contribution in [2.75, 3.05) is 13.7 Å². The zero-order valence-corrected chi connectivity index (χ0v) is 25.6. The van der Waals surface area contributed by atoms with Crippen LogP contribution in [-0.4, -0.2) is 70.8 Å². The molecule has 1 aliphatic carbocycles. The van der Waals surface area contributed by atoms with E-state index in [0.717, 1.165) is 56.2 Å². The highest BCUT2D eigenvalue weighted by molar-refractivity contribution is 6.31. The third kappa shape index (κ3) is 6.74. The van der Waals surface area contributed by atoms with Gasteiger partial charge in [-0.3, -0.25) is 4.79 Å². The lowest BCUT2D eigenvalue weighted by atomic mass is 9.85. The number of fused-ring (bicyclic) bond motifs is 5. The second-order valence-electron chi connectivity index (χ2n) is 12.8. The molecule has 0 unspecified atom stereocenters. The van der Waals surface area contributed by atoms with Gasteiger partial charge in [0.15, 0.2) is 0 Å². The third-order valence-corrected chi connectivity index (χ3v) is 8.91. The van der Waals surface area contributed by atoms with Crippen molar-refractivity contribution in [3.63, 3.8) is 0 Å². The van der Waals surface area contributed by atoms with E-state index in [1.165, 1.54) is 12.0 Å². The molecule has 5 atom stereocenters. The monoisotopic (exact) mass is 600 g/mol. The fourth-order valence-corrected chi connectivity index (χ4v) is 6.58. The van der Waals surface area contributed by atoms with Gasteiger partial charge in [0.25, 0.3) is 0 Å². The van der Waals surface area contributed by atoms with Crippen LogP contribution < -0.4 is 10.1 Å². The lowest BCUT2D eigenvalue weighted by Crippen LogP contribution is -2.57. The Balaban J connectivity index is 1.50. The van der Waals surface area contributed by atoms with E-state index in [9.17, 15) is 14.4 Å². The summed E-state index contributed by atoms with van der Waals surface area (Å²) in [6.07, 6.45) is 6.33. The zero-order valence-electron chi connectivity index (χ0n) is 24.9. The molecule has 0 radical (unpaired) electrons. The smallest absolute Gasteiger partial charge is 0.408 e. The Morgan fingerprint density at radius 1 is 1.05 bits per heavy atom. The van der Waals surface area contributed by atoms with E-state index in [1.54, 1.807) is 12.1 Å². The Kier molecular flexibility index (Phi) is 9.11. The number of amides is 2. The van der Waals surface area contributed by atoms with Gasteiger partial charge < -0.3 is 24.4 Å². The number of aryl methyl sites for hydroxylation is 1. The molecule has 2 fully saturated rings. The van der Waals surface area contributed by atoms with E-state index in [-0.39, 0.29) is 25.0 Å². The molecule has 1 saturated carbocycles. The van der Waals surface area contributed by atoms with Crippen LogP contribution in [0.3, 0.4) is 0 Å². The lowest BCUT2D eigenvalue weighted by Gasteiger charge is -2.35. The van der Waals surface area contributed by atoms with E-state index >= 15 is 0 Å². The molecule has 3 heterocycles. The molecule has 2 aromatic rings. The molecule has 1 saturated heterocycles. The molecule has 10 nitrogen and oxygen atoms in total. The van der Waals surface area contributed by atoms with Gasteiger partial charge in [0.2, 0.25) is 11.8 Å². The van der Waals surface area contributed by atoms with Gasteiger partial charge in [0.05, 0.1) is 24.7 Å². The van der Waals surface area contributed by atoms with Crippen LogP contribution in [0.15, 0.2) is 18.2 Å². The maximum absolute atomic E-state index is 14.1. The Morgan fingerprint density at radius 2 is 1.83 bits per heavy atom. The number of hydrogen-bond donors (Lipinski definition) is 1. The molecule has 1 N–H and O–H groups in total. The average Bonchev–Trinajstić information content (AvgIpc) is 3.56. The number of nitrogens with zero attached hydrogens (tertiary/aromatic N) is 3. The van der Waals surface area contributed by atoms with Crippen molar-refractivity contribution in [2.24, 2.45) is 11.3 Å². The predicted octanol–water partition coefficient (Wildman–Crippen LogP) is 5.23. The van der Waals surface area contributed by atoms with Crippen molar-refractivity contribution in [1.29, 1.82) is 0 Å². The van der Waals surface area contributed by atoms with Gasteiger partial charge in [0, 0.05) is 11.4 Å². The Bertz CT molecular complexity index is 1330. The summed E-state index contributed by atoms with van der Waals surface area (Å²) in [5, 5.41) is 3.39. The minimum absolute atomic E-state index is 0.126. The minimum Gasteiger partial charge on any atom is -0.471 e. The predicted molar refractivity (Wildman–Crippen MR) is 157 cm³/mol. The van der Waals surface area contributed by atoms with Crippen molar-refractivity contribution >= 4 is 40.6 Å². The van der Waals surface area contributed by atoms with Crippen LogP contribution in [0.5, 0.6) is 5.88 Å². The highest BCUT2D eigenvalue weighted by Gasteiger charge is 2.47. The Labute approximate surface area is 251 Å². The number of halogens is 1. The number of nitrogens with one attached hydrogen (secondary N) is 1. The Hall–Kier alpha value is -3.14. The van der Waals surface area contributed by atoms with Gasteiger partial charge >= 0.3 is 12.1 Å². The number of benzene rings is 1. The number of aromatic nitrogens is 2. The quantitative estimate of drug-likeness (QED) is 0.442. The number of carbonyl (C=O) groups excluding carboxylic acids is 3. The first kappa shape index (κ1) is 30.3. The fourth-order valence-electron chi connectivity index (χ4n) is 6.42. The van der Waals surface area contributed by atoms with Gasteiger partial charge in [-0.1, -0.05) is 45.2 Å². The molecule has 3 aliphatic rings. The van der Waals surface area contributed by atoms with Crippen LogP contribution in [-0.2, 0) is 25.5 Å². The standard InChI is InChI=1S/C31H41ClN4O6/c1-31(2,3)26-28(37)36-17-20(16-24(36)29(38)40-4)41-27-22(33-21-14-13-19(32)15-23(21)34-27)11-7-5-6-9-18-10-8-12-25(18)42-30(39)35-26/h13-15,18,20,24-26H,5-12,16-17H2,1-4H3,(H,35,39)/t18-,20-,24+,25-,26-/m1/s1. The number of ether oxygens (including phenoxy) is 3. The van der Waals surface area contributed by atoms with Gasteiger partial charge in [-0.05, 0) is 68.1 Å². The molecular weight excluding hydrogens is 560 g/mol. The third-order valence-electron chi connectivity index (χ3n) is 8.67. The van der Waals surface area contributed by atoms with E-state index in [2.05, 4.69) is 5.32 Å². The maximum atomic E-state index is 14.1. The molecule has 2 bridgehead atoms. The molecule has 228 valence electrons. The average molecular weight is 601 g/mol. The van der Waals surface area contributed by atoms with Crippen LogP contribution in [0, 0.1) is 11.3 Å². The second-order valence-corrected chi connectivity index (χ2v) is 13.2.